The van der Waals surface area contributed by atoms with E-state index in [9.17, 15) is 5.11 Å². The van der Waals surface area contributed by atoms with Crippen LogP contribution in [0.4, 0.5) is 5.69 Å². The van der Waals surface area contributed by atoms with Crippen LogP contribution in [0.15, 0.2) is 18.2 Å². The van der Waals surface area contributed by atoms with Crippen molar-refractivity contribution in [2.45, 2.75) is 19.3 Å². The van der Waals surface area contributed by atoms with Crippen LogP contribution in [0, 0.1) is 0 Å². The highest BCUT2D eigenvalue weighted by Gasteiger charge is 2.11. The lowest BCUT2D eigenvalue weighted by Gasteiger charge is -2.28. The Balaban J connectivity index is 2.18. The van der Waals surface area contributed by atoms with Gasteiger partial charge in [-0.2, -0.15) is 0 Å². The highest BCUT2D eigenvalue weighted by atomic mass is 35.5. The summed E-state index contributed by atoms with van der Waals surface area (Å²) >= 11 is 5.75. The van der Waals surface area contributed by atoms with Gasteiger partial charge < -0.3 is 10.0 Å². The molecule has 14 heavy (non-hydrogen) atoms. The van der Waals surface area contributed by atoms with Crippen LogP contribution < -0.4 is 4.90 Å². The molecule has 0 aromatic heterocycles. The quantitative estimate of drug-likeness (QED) is 0.772. The van der Waals surface area contributed by atoms with E-state index < -0.39 is 0 Å². The average molecular weight is 212 g/mol. The minimum absolute atomic E-state index is 0.176. The number of nitrogens with zero attached hydrogens (tertiary/aromatic N) is 1. The number of phenols is 1. The van der Waals surface area contributed by atoms with Gasteiger partial charge >= 0.3 is 0 Å². The van der Waals surface area contributed by atoms with E-state index in [0.29, 0.717) is 5.02 Å². The Labute approximate surface area is 89.1 Å². The van der Waals surface area contributed by atoms with Gasteiger partial charge in [0.25, 0.3) is 0 Å². The van der Waals surface area contributed by atoms with E-state index >= 15 is 0 Å². The zero-order valence-electron chi connectivity index (χ0n) is 8.04. The Morgan fingerprint density at radius 2 is 1.86 bits per heavy atom. The molecule has 76 valence electrons. The summed E-state index contributed by atoms with van der Waals surface area (Å²) in [6, 6.07) is 5.46. The van der Waals surface area contributed by atoms with Gasteiger partial charge in [-0.05, 0) is 31.4 Å². The highest BCUT2D eigenvalue weighted by molar-refractivity contribution is 6.32. The zero-order chi connectivity index (χ0) is 9.97. The molecule has 0 atom stereocenters. The topological polar surface area (TPSA) is 23.5 Å². The number of hydrogen-bond donors (Lipinski definition) is 1. The van der Waals surface area contributed by atoms with Crippen LogP contribution in [0.5, 0.6) is 5.75 Å². The van der Waals surface area contributed by atoms with Crippen LogP contribution in [-0.2, 0) is 0 Å². The Morgan fingerprint density at radius 1 is 1.14 bits per heavy atom. The first-order valence-electron chi connectivity index (χ1n) is 5.01. The van der Waals surface area contributed by atoms with E-state index in [1.54, 1.807) is 12.1 Å². The standard InChI is InChI=1S/C11H14ClNO/c12-10-5-4-9(8-11(10)14)13-6-2-1-3-7-13/h4-5,8,14H,1-3,6-7H2. The molecule has 1 N–H and O–H groups in total. The van der Waals surface area contributed by atoms with Crippen molar-refractivity contribution in [3.8, 4) is 5.75 Å². The van der Waals surface area contributed by atoms with E-state index in [2.05, 4.69) is 4.90 Å². The van der Waals surface area contributed by atoms with Crippen molar-refractivity contribution < 1.29 is 5.11 Å². The van der Waals surface area contributed by atoms with Gasteiger partial charge in [0.15, 0.2) is 0 Å². The average Bonchev–Trinajstić information content (AvgIpc) is 2.23. The summed E-state index contributed by atoms with van der Waals surface area (Å²) in [5, 5.41) is 9.89. The molecule has 3 heteroatoms. The van der Waals surface area contributed by atoms with Crippen LogP contribution in [-0.4, -0.2) is 18.2 Å². The molecule has 1 fully saturated rings. The van der Waals surface area contributed by atoms with Crippen molar-refractivity contribution >= 4 is 17.3 Å². The van der Waals surface area contributed by atoms with Gasteiger partial charge in [-0.25, -0.2) is 0 Å². The Morgan fingerprint density at radius 3 is 2.50 bits per heavy atom. The lowest BCUT2D eigenvalue weighted by Crippen LogP contribution is -2.29. The maximum atomic E-state index is 9.47. The summed E-state index contributed by atoms with van der Waals surface area (Å²) in [6.07, 6.45) is 3.79. The molecule has 1 saturated heterocycles. The second-order valence-electron chi connectivity index (χ2n) is 3.68. The van der Waals surface area contributed by atoms with Gasteiger partial charge in [-0.15, -0.1) is 0 Å². The van der Waals surface area contributed by atoms with Gasteiger partial charge in [0, 0.05) is 24.8 Å². The monoisotopic (exact) mass is 211 g/mol. The first-order chi connectivity index (χ1) is 6.77. The molecule has 1 heterocycles. The lowest BCUT2D eigenvalue weighted by molar-refractivity contribution is 0.475. The number of benzene rings is 1. The van der Waals surface area contributed by atoms with Gasteiger partial charge in [-0.1, -0.05) is 11.6 Å². The number of phenolic OH excluding ortho intramolecular Hbond substituents is 1. The maximum absolute atomic E-state index is 9.47. The highest BCUT2D eigenvalue weighted by Crippen LogP contribution is 2.29. The second-order valence-corrected chi connectivity index (χ2v) is 4.09. The normalized spacial score (nSPS) is 17.1. The third kappa shape index (κ3) is 1.95. The van der Waals surface area contributed by atoms with E-state index in [1.807, 2.05) is 6.07 Å². The molecule has 2 rings (SSSR count). The van der Waals surface area contributed by atoms with Crippen LogP contribution in [0.1, 0.15) is 19.3 Å². The van der Waals surface area contributed by atoms with Gasteiger partial charge in [0.2, 0.25) is 0 Å². The van der Waals surface area contributed by atoms with E-state index in [1.165, 1.54) is 19.3 Å². The molecule has 0 unspecified atom stereocenters. The van der Waals surface area contributed by atoms with Crippen molar-refractivity contribution in [2.75, 3.05) is 18.0 Å². The zero-order valence-corrected chi connectivity index (χ0v) is 8.80. The fourth-order valence-corrected chi connectivity index (χ4v) is 1.97. The lowest BCUT2D eigenvalue weighted by atomic mass is 10.1. The molecule has 2 nitrogen and oxygen atoms in total. The Bertz CT molecular complexity index is 321. The Kier molecular flexibility index (Phi) is 2.82. The SMILES string of the molecule is Oc1cc(N2CCCCC2)ccc1Cl. The van der Waals surface area contributed by atoms with Crippen molar-refractivity contribution in [2.24, 2.45) is 0 Å². The van der Waals surface area contributed by atoms with Crippen LogP contribution in [0.2, 0.25) is 5.02 Å². The van der Waals surface area contributed by atoms with Gasteiger partial charge in [0.1, 0.15) is 5.75 Å². The number of piperidine rings is 1. The van der Waals surface area contributed by atoms with Crippen LogP contribution >= 0.6 is 11.6 Å². The first kappa shape index (κ1) is 9.66. The number of anilines is 1. The summed E-state index contributed by atoms with van der Waals surface area (Å²) in [5.74, 6) is 0.176. The van der Waals surface area contributed by atoms with Crippen LogP contribution in [0.25, 0.3) is 0 Å². The third-order valence-electron chi connectivity index (χ3n) is 2.65. The predicted octanol–water partition coefficient (Wildman–Crippen LogP) is 3.04. The number of rotatable bonds is 1. The molecule has 1 aromatic rings. The predicted molar refractivity (Wildman–Crippen MR) is 59.2 cm³/mol. The summed E-state index contributed by atoms with van der Waals surface area (Å²) in [7, 11) is 0. The van der Waals surface area contributed by atoms with E-state index in [-0.39, 0.29) is 5.75 Å². The number of halogens is 1. The largest absolute Gasteiger partial charge is 0.506 e. The summed E-state index contributed by atoms with van der Waals surface area (Å²) in [5.41, 5.74) is 1.08. The maximum Gasteiger partial charge on any atom is 0.136 e. The molecule has 0 radical (unpaired) electrons. The van der Waals surface area contributed by atoms with Crippen LogP contribution in [0.3, 0.4) is 0 Å². The minimum Gasteiger partial charge on any atom is -0.506 e. The smallest absolute Gasteiger partial charge is 0.136 e. The van der Waals surface area contributed by atoms with Crippen molar-refractivity contribution in [1.82, 2.24) is 0 Å². The summed E-state index contributed by atoms with van der Waals surface area (Å²) < 4.78 is 0. The molecule has 1 aromatic carbocycles. The van der Waals surface area contributed by atoms with E-state index in [0.717, 1.165) is 18.8 Å². The van der Waals surface area contributed by atoms with Crippen molar-refractivity contribution in [3.63, 3.8) is 0 Å². The molecule has 1 aliphatic rings. The third-order valence-corrected chi connectivity index (χ3v) is 2.97. The Hall–Kier alpha value is -0.890. The molecule has 0 amide bonds. The first-order valence-corrected chi connectivity index (χ1v) is 5.38. The van der Waals surface area contributed by atoms with E-state index in [4.69, 9.17) is 11.6 Å². The van der Waals surface area contributed by atoms with Crippen molar-refractivity contribution in [1.29, 1.82) is 0 Å². The molecular formula is C11H14ClNO. The summed E-state index contributed by atoms with van der Waals surface area (Å²) in [4.78, 5) is 2.29. The minimum atomic E-state index is 0.176. The molecule has 0 aliphatic carbocycles. The fourth-order valence-electron chi connectivity index (χ4n) is 1.85. The number of aromatic hydroxyl groups is 1. The van der Waals surface area contributed by atoms with Crippen molar-refractivity contribution in [3.05, 3.63) is 23.2 Å². The number of hydrogen-bond acceptors (Lipinski definition) is 2. The molecular weight excluding hydrogens is 198 g/mol. The molecule has 0 spiro atoms. The molecule has 1 aliphatic heterocycles. The second kappa shape index (κ2) is 4.09. The molecule has 0 saturated carbocycles. The fraction of sp³-hybridized carbons (Fsp3) is 0.455. The van der Waals surface area contributed by atoms with Gasteiger partial charge in [0.05, 0.1) is 5.02 Å². The molecule has 0 bridgehead atoms. The van der Waals surface area contributed by atoms with Gasteiger partial charge in [-0.3, -0.25) is 0 Å². The summed E-state index contributed by atoms with van der Waals surface area (Å²) in [6.45, 7) is 2.17.